The number of allylic oxidation sites excluding steroid dienone is 1. The fourth-order valence-electron chi connectivity index (χ4n) is 2.45. The van der Waals surface area contributed by atoms with E-state index in [0.29, 0.717) is 5.57 Å². The lowest BCUT2D eigenvalue weighted by atomic mass is 9.95. The summed E-state index contributed by atoms with van der Waals surface area (Å²) in [5.41, 5.74) is 0.491. The van der Waals surface area contributed by atoms with E-state index in [0.717, 1.165) is 0 Å². The van der Waals surface area contributed by atoms with Gasteiger partial charge in [-0.25, -0.2) is 0 Å². The summed E-state index contributed by atoms with van der Waals surface area (Å²) in [5.74, 6) is 0. The highest BCUT2D eigenvalue weighted by molar-refractivity contribution is 5.32. The molecule has 0 unspecified atom stereocenters. The van der Waals surface area contributed by atoms with Crippen LogP contribution >= 0.6 is 0 Å². The predicted octanol–water partition coefficient (Wildman–Crippen LogP) is -2.06. The highest BCUT2D eigenvalue weighted by atomic mass is 16.7. The van der Waals surface area contributed by atoms with Crippen LogP contribution in [0, 0.1) is 11.3 Å². The number of aliphatic hydroxyl groups excluding tert-OH is 5. The van der Waals surface area contributed by atoms with Crippen molar-refractivity contribution in [1.29, 1.82) is 5.26 Å². The second-order valence-corrected chi connectivity index (χ2v) is 5.26. The maximum absolute atomic E-state index is 9.93. The Balaban J connectivity index is 2.12. The van der Waals surface area contributed by atoms with Crippen molar-refractivity contribution < 1.29 is 35.0 Å². The van der Waals surface area contributed by atoms with Crippen molar-refractivity contribution >= 4 is 0 Å². The Hall–Kier alpha value is -1.31. The minimum atomic E-state index is -1.54. The van der Waals surface area contributed by atoms with Crippen LogP contribution in [0.5, 0.6) is 0 Å². The minimum Gasteiger partial charge on any atom is -0.394 e. The second kappa shape index (κ2) is 7.30. The molecule has 122 valence electrons. The van der Waals surface area contributed by atoms with E-state index in [2.05, 4.69) is 0 Å². The van der Waals surface area contributed by atoms with Crippen molar-refractivity contribution in [3.8, 4) is 6.07 Å². The van der Waals surface area contributed by atoms with Crippen molar-refractivity contribution in [3.05, 3.63) is 23.8 Å². The molecule has 2 rings (SSSR count). The van der Waals surface area contributed by atoms with Crippen molar-refractivity contribution in [2.24, 2.45) is 0 Å². The van der Waals surface area contributed by atoms with Gasteiger partial charge in [0.25, 0.3) is 0 Å². The van der Waals surface area contributed by atoms with E-state index in [9.17, 15) is 20.4 Å². The smallest absolute Gasteiger partial charge is 0.187 e. The van der Waals surface area contributed by atoms with Gasteiger partial charge in [-0.1, -0.05) is 12.2 Å². The number of hydrogen-bond acceptors (Lipinski definition) is 8. The molecule has 22 heavy (non-hydrogen) atoms. The summed E-state index contributed by atoms with van der Waals surface area (Å²) >= 11 is 0. The first kappa shape index (κ1) is 17.1. The van der Waals surface area contributed by atoms with E-state index in [1.807, 2.05) is 6.07 Å². The molecule has 8 nitrogen and oxygen atoms in total. The average Bonchev–Trinajstić information content (AvgIpc) is 2.50. The van der Waals surface area contributed by atoms with Gasteiger partial charge in [0.05, 0.1) is 24.9 Å². The summed E-state index contributed by atoms with van der Waals surface area (Å²) in [6.07, 6.45) is -3.96. The number of ether oxygens (including phenoxy) is 2. The summed E-state index contributed by atoms with van der Waals surface area (Å²) in [6.45, 7) is -0.557. The molecule has 7 atom stereocenters. The molecular formula is C14H19NO7. The molecular weight excluding hydrogens is 294 g/mol. The van der Waals surface area contributed by atoms with Crippen molar-refractivity contribution in [2.45, 2.75) is 49.3 Å². The molecule has 0 amide bonds. The first-order valence-electron chi connectivity index (χ1n) is 6.89. The van der Waals surface area contributed by atoms with Gasteiger partial charge >= 0.3 is 0 Å². The lowest BCUT2D eigenvalue weighted by molar-refractivity contribution is -0.309. The van der Waals surface area contributed by atoms with Gasteiger partial charge in [-0.3, -0.25) is 0 Å². The molecule has 0 aromatic rings. The monoisotopic (exact) mass is 313 g/mol. The Morgan fingerprint density at radius 3 is 2.64 bits per heavy atom. The Bertz CT molecular complexity index is 484. The fourth-order valence-corrected chi connectivity index (χ4v) is 2.45. The van der Waals surface area contributed by atoms with Crippen LogP contribution in [0.2, 0.25) is 0 Å². The molecule has 0 aromatic carbocycles. The van der Waals surface area contributed by atoms with Gasteiger partial charge in [0.1, 0.15) is 24.4 Å². The van der Waals surface area contributed by atoms with Crippen LogP contribution in [-0.2, 0) is 9.47 Å². The highest BCUT2D eigenvalue weighted by Gasteiger charge is 2.45. The SMILES string of the molecule is N#C/C=C1/C=C[C@@H](O)C[C@H]1O[C@H]1O[C@@H](CO)[C@H](O)[C@@H](O)[C@@H]1O. The quantitative estimate of drug-likeness (QED) is 0.374. The first-order valence-corrected chi connectivity index (χ1v) is 6.89. The number of nitrogens with zero attached hydrogens (tertiary/aromatic N) is 1. The largest absolute Gasteiger partial charge is 0.394 e. The van der Waals surface area contributed by atoms with Crippen molar-refractivity contribution in [2.75, 3.05) is 6.61 Å². The normalized spacial score (nSPS) is 44.0. The van der Waals surface area contributed by atoms with E-state index < -0.39 is 49.5 Å². The number of nitriles is 1. The highest BCUT2D eigenvalue weighted by Crippen LogP contribution is 2.28. The van der Waals surface area contributed by atoms with Gasteiger partial charge < -0.3 is 35.0 Å². The zero-order valence-corrected chi connectivity index (χ0v) is 11.7. The van der Waals surface area contributed by atoms with Crippen LogP contribution in [0.15, 0.2) is 23.8 Å². The third kappa shape index (κ3) is 3.53. The zero-order valence-electron chi connectivity index (χ0n) is 11.7. The van der Waals surface area contributed by atoms with Crippen LogP contribution in [0.25, 0.3) is 0 Å². The van der Waals surface area contributed by atoms with Gasteiger partial charge in [-0.05, 0) is 5.57 Å². The summed E-state index contributed by atoms with van der Waals surface area (Å²) in [5, 5.41) is 56.9. The van der Waals surface area contributed by atoms with Gasteiger partial charge in [-0.2, -0.15) is 5.26 Å². The molecule has 2 aliphatic rings. The molecule has 0 radical (unpaired) electrons. The van der Waals surface area contributed by atoms with Gasteiger partial charge in [0.15, 0.2) is 6.29 Å². The molecule has 1 heterocycles. The Kier molecular flexibility index (Phi) is 5.66. The molecule has 1 saturated heterocycles. The summed E-state index contributed by atoms with van der Waals surface area (Å²) in [4.78, 5) is 0. The molecule has 0 saturated carbocycles. The Morgan fingerprint density at radius 1 is 1.27 bits per heavy atom. The number of rotatable bonds is 3. The van der Waals surface area contributed by atoms with Crippen molar-refractivity contribution in [3.63, 3.8) is 0 Å². The summed E-state index contributed by atoms with van der Waals surface area (Å²) < 4.78 is 10.8. The molecule has 0 bridgehead atoms. The predicted molar refractivity (Wildman–Crippen MR) is 72.1 cm³/mol. The lowest BCUT2D eigenvalue weighted by Gasteiger charge is -2.41. The maximum atomic E-state index is 9.93. The van der Waals surface area contributed by atoms with Gasteiger partial charge in [0, 0.05) is 12.5 Å². The van der Waals surface area contributed by atoms with Gasteiger partial charge in [0.2, 0.25) is 0 Å². The van der Waals surface area contributed by atoms with Gasteiger partial charge in [-0.15, -0.1) is 0 Å². The topological polar surface area (TPSA) is 143 Å². The van der Waals surface area contributed by atoms with E-state index in [1.165, 1.54) is 18.2 Å². The molecule has 1 aliphatic carbocycles. The molecule has 0 spiro atoms. The number of hydrogen-bond donors (Lipinski definition) is 5. The standard InChI is InChI=1S/C14H19NO7/c15-4-3-7-1-2-8(17)5-9(7)21-14-13(20)12(19)11(18)10(6-16)22-14/h1-3,8-14,16-20H,5-6H2/b7-3-/t8-,9-,10+,11+,12-,13+,14+/m1/s1. The van der Waals surface area contributed by atoms with Crippen molar-refractivity contribution in [1.82, 2.24) is 0 Å². The molecule has 5 N–H and O–H groups in total. The van der Waals surface area contributed by atoms with Crippen LogP contribution < -0.4 is 0 Å². The van der Waals surface area contributed by atoms with E-state index in [1.54, 1.807) is 0 Å². The Morgan fingerprint density at radius 2 is 2.00 bits per heavy atom. The lowest BCUT2D eigenvalue weighted by Crippen LogP contribution is -2.59. The van der Waals surface area contributed by atoms with E-state index in [-0.39, 0.29) is 6.42 Å². The minimum absolute atomic E-state index is 0.152. The zero-order chi connectivity index (χ0) is 16.3. The second-order valence-electron chi connectivity index (χ2n) is 5.26. The van der Waals surface area contributed by atoms with Crippen LogP contribution in [-0.4, -0.2) is 75.1 Å². The molecule has 1 fully saturated rings. The maximum Gasteiger partial charge on any atom is 0.187 e. The fraction of sp³-hybridized carbons (Fsp3) is 0.643. The third-order valence-electron chi connectivity index (χ3n) is 3.72. The Labute approximate surface area is 127 Å². The average molecular weight is 313 g/mol. The number of aliphatic hydroxyl groups is 5. The summed E-state index contributed by atoms with van der Waals surface area (Å²) in [7, 11) is 0. The molecule has 8 heteroatoms. The molecule has 1 aliphatic heterocycles. The third-order valence-corrected chi connectivity index (χ3v) is 3.72. The molecule has 0 aromatic heterocycles. The van der Waals surface area contributed by atoms with E-state index >= 15 is 0 Å². The summed E-state index contributed by atoms with van der Waals surface area (Å²) in [6, 6.07) is 1.86. The first-order chi connectivity index (χ1) is 10.5. The van der Waals surface area contributed by atoms with Crippen LogP contribution in [0.1, 0.15) is 6.42 Å². The van der Waals surface area contributed by atoms with Crippen LogP contribution in [0.4, 0.5) is 0 Å². The van der Waals surface area contributed by atoms with Crippen LogP contribution in [0.3, 0.4) is 0 Å². The van der Waals surface area contributed by atoms with E-state index in [4.69, 9.17) is 19.8 Å².